The van der Waals surface area contributed by atoms with E-state index in [9.17, 15) is 14.4 Å². The number of nitrogens with zero attached hydrogens (tertiary/aromatic N) is 1. The lowest BCUT2D eigenvalue weighted by molar-refractivity contribution is -0.123. The summed E-state index contributed by atoms with van der Waals surface area (Å²) in [4.78, 5) is 39.3. The van der Waals surface area contributed by atoms with Gasteiger partial charge in [-0.05, 0) is 94.8 Å². The molecule has 4 rings (SSSR count). The summed E-state index contributed by atoms with van der Waals surface area (Å²) in [6.07, 6.45) is 1.60. The third-order valence-corrected chi connectivity index (χ3v) is 7.47. The van der Waals surface area contributed by atoms with Crippen molar-refractivity contribution in [2.45, 2.75) is 6.92 Å². The van der Waals surface area contributed by atoms with Crippen LogP contribution >= 0.6 is 50.9 Å². The Morgan fingerprint density at radius 1 is 1.05 bits per heavy atom. The molecule has 0 spiro atoms. The lowest BCUT2D eigenvalue weighted by Gasteiger charge is -2.15. The maximum Gasteiger partial charge on any atom is 0.293 e. The van der Waals surface area contributed by atoms with Crippen LogP contribution in [0.25, 0.3) is 6.08 Å². The topological polar surface area (TPSA) is 94.2 Å². The summed E-state index contributed by atoms with van der Waals surface area (Å²) < 4.78 is 17.6. The highest BCUT2D eigenvalue weighted by Gasteiger charge is 2.35. The second kappa shape index (κ2) is 13.9. The predicted octanol–water partition coefficient (Wildman–Crippen LogP) is 7.29. The van der Waals surface area contributed by atoms with Crippen LogP contribution in [0.1, 0.15) is 12.5 Å². The number of anilines is 1. The first kappa shape index (κ1) is 29.8. The maximum absolute atomic E-state index is 12.9. The molecule has 0 saturated carbocycles. The fourth-order valence-electron chi connectivity index (χ4n) is 3.59. The number of para-hydroxylation sites is 1. The lowest BCUT2D eigenvalue weighted by atomic mass is 10.2. The van der Waals surface area contributed by atoms with Gasteiger partial charge in [0.1, 0.15) is 12.4 Å². The van der Waals surface area contributed by atoms with E-state index in [4.69, 9.17) is 37.4 Å². The molecule has 0 aromatic heterocycles. The van der Waals surface area contributed by atoms with Crippen LogP contribution in [0.2, 0.25) is 10.0 Å². The standard InChI is InChI=1S/C28H23BrCl2N2O6S/c1-2-37-23-14-17(13-20(29)26(23)39-16-25(34)32-22-6-4-3-5-21(22)31)15-24-27(35)33(28(36)40-24)11-12-38-19-9-7-18(30)8-10-19/h3-10,13-15H,2,11-12,16H2,1H3,(H,32,34)/b24-15-. The molecule has 1 N–H and O–H groups in total. The molecule has 0 atom stereocenters. The van der Waals surface area contributed by atoms with E-state index in [0.717, 1.165) is 16.7 Å². The Kier molecular flexibility index (Phi) is 10.4. The van der Waals surface area contributed by atoms with E-state index in [2.05, 4.69) is 21.2 Å². The van der Waals surface area contributed by atoms with Gasteiger partial charge in [0, 0.05) is 5.02 Å². The summed E-state index contributed by atoms with van der Waals surface area (Å²) in [5, 5.41) is 3.31. The number of benzene rings is 3. The van der Waals surface area contributed by atoms with Gasteiger partial charge in [0.25, 0.3) is 17.1 Å². The number of nitrogens with one attached hydrogen (secondary N) is 1. The molecule has 1 heterocycles. The van der Waals surface area contributed by atoms with Crippen molar-refractivity contribution in [1.29, 1.82) is 0 Å². The number of halogens is 3. The van der Waals surface area contributed by atoms with Gasteiger partial charge in [-0.3, -0.25) is 19.3 Å². The van der Waals surface area contributed by atoms with Gasteiger partial charge < -0.3 is 19.5 Å². The van der Waals surface area contributed by atoms with Gasteiger partial charge in [0.2, 0.25) is 0 Å². The molecule has 3 amide bonds. The normalized spacial score (nSPS) is 14.0. The summed E-state index contributed by atoms with van der Waals surface area (Å²) >= 11 is 16.3. The van der Waals surface area contributed by atoms with Gasteiger partial charge in [0.15, 0.2) is 18.1 Å². The first-order valence-electron chi connectivity index (χ1n) is 12.0. The van der Waals surface area contributed by atoms with Crippen molar-refractivity contribution in [3.05, 3.63) is 85.7 Å². The Bertz CT molecular complexity index is 1450. The lowest BCUT2D eigenvalue weighted by Crippen LogP contribution is -2.32. The highest BCUT2D eigenvalue weighted by molar-refractivity contribution is 9.10. The number of carbonyl (C=O) groups excluding carboxylic acids is 3. The zero-order valence-corrected chi connectivity index (χ0v) is 25.0. The van der Waals surface area contributed by atoms with E-state index in [1.165, 1.54) is 0 Å². The molecule has 0 radical (unpaired) electrons. The number of amides is 3. The largest absolute Gasteiger partial charge is 0.492 e. The molecule has 0 bridgehead atoms. The number of rotatable bonds is 11. The van der Waals surface area contributed by atoms with Crippen LogP contribution in [0.5, 0.6) is 17.2 Å². The van der Waals surface area contributed by atoms with Crippen LogP contribution in [0, 0.1) is 0 Å². The third kappa shape index (κ3) is 7.72. The predicted molar refractivity (Wildman–Crippen MR) is 161 cm³/mol. The van der Waals surface area contributed by atoms with Crippen molar-refractivity contribution in [2.24, 2.45) is 0 Å². The monoisotopic (exact) mass is 664 g/mol. The van der Waals surface area contributed by atoms with Crippen LogP contribution in [-0.4, -0.2) is 48.3 Å². The van der Waals surface area contributed by atoms with Crippen LogP contribution in [0.15, 0.2) is 70.0 Å². The molecule has 1 aliphatic rings. The number of thioether (sulfide) groups is 1. The highest BCUT2D eigenvalue weighted by atomic mass is 79.9. The van der Waals surface area contributed by atoms with Gasteiger partial charge in [-0.25, -0.2) is 0 Å². The molecule has 3 aromatic carbocycles. The Morgan fingerprint density at radius 2 is 1.80 bits per heavy atom. The molecule has 1 aliphatic heterocycles. The summed E-state index contributed by atoms with van der Waals surface area (Å²) in [5.74, 6) is 0.453. The average Bonchev–Trinajstić information content (AvgIpc) is 3.18. The Morgan fingerprint density at radius 3 is 2.52 bits per heavy atom. The maximum atomic E-state index is 12.9. The van der Waals surface area contributed by atoms with Gasteiger partial charge in [0.05, 0.1) is 33.2 Å². The fourth-order valence-corrected chi connectivity index (χ4v) is 5.34. The van der Waals surface area contributed by atoms with E-state index < -0.39 is 11.8 Å². The Balaban J connectivity index is 1.42. The molecular weight excluding hydrogens is 643 g/mol. The van der Waals surface area contributed by atoms with E-state index in [1.807, 2.05) is 6.92 Å². The van der Waals surface area contributed by atoms with E-state index >= 15 is 0 Å². The van der Waals surface area contributed by atoms with Gasteiger partial charge in [-0.15, -0.1) is 0 Å². The number of hydrogen-bond donors (Lipinski definition) is 1. The van der Waals surface area contributed by atoms with E-state index in [-0.39, 0.29) is 29.9 Å². The number of carbonyl (C=O) groups is 3. The zero-order valence-electron chi connectivity index (χ0n) is 21.1. The minimum Gasteiger partial charge on any atom is -0.492 e. The number of ether oxygens (including phenoxy) is 3. The summed E-state index contributed by atoms with van der Waals surface area (Å²) in [6, 6.07) is 17.1. The second-order valence-corrected chi connectivity index (χ2v) is 10.9. The Labute approximate surface area is 253 Å². The van der Waals surface area contributed by atoms with E-state index in [0.29, 0.717) is 49.6 Å². The van der Waals surface area contributed by atoms with Gasteiger partial charge in [-0.2, -0.15) is 0 Å². The average molecular weight is 666 g/mol. The molecule has 0 aliphatic carbocycles. The molecule has 1 fully saturated rings. The third-order valence-electron chi connectivity index (χ3n) is 5.40. The Hall–Kier alpha value is -3.18. The van der Waals surface area contributed by atoms with Crippen molar-refractivity contribution >= 4 is 79.7 Å². The van der Waals surface area contributed by atoms with Crippen molar-refractivity contribution < 1.29 is 28.6 Å². The van der Waals surface area contributed by atoms with Crippen LogP contribution in [-0.2, 0) is 9.59 Å². The highest BCUT2D eigenvalue weighted by Crippen LogP contribution is 2.39. The number of hydrogen-bond acceptors (Lipinski definition) is 7. The number of imide groups is 1. The van der Waals surface area contributed by atoms with Crippen LogP contribution in [0.4, 0.5) is 10.5 Å². The molecular formula is C28H23BrCl2N2O6S. The van der Waals surface area contributed by atoms with Crippen LogP contribution < -0.4 is 19.5 Å². The SMILES string of the molecule is CCOc1cc(/C=C2\SC(=O)N(CCOc3ccc(Cl)cc3)C2=O)cc(Br)c1OCC(=O)Nc1ccccc1Cl. The minimum atomic E-state index is -0.416. The smallest absolute Gasteiger partial charge is 0.293 e. The molecule has 3 aromatic rings. The molecule has 1 saturated heterocycles. The minimum absolute atomic E-state index is 0.0988. The van der Waals surface area contributed by atoms with Crippen molar-refractivity contribution in [3.63, 3.8) is 0 Å². The molecule has 208 valence electrons. The zero-order chi connectivity index (χ0) is 28.6. The first-order valence-corrected chi connectivity index (χ1v) is 14.4. The first-order chi connectivity index (χ1) is 19.2. The molecule has 0 unspecified atom stereocenters. The van der Waals surface area contributed by atoms with E-state index in [1.54, 1.807) is 66.7 Å². The molecule has 40 heavy (non-hydrogen) atoms. The van der Waals surface area contributed by atoms with Crippen LogP contribution in [0.3, 0.4) is 0 Å². The quantitative estimate of drug-likeness (QED) is 0.215. The van der Waals surface area contributed by atoms with Crippen molar-refractivity contribution in [1.82, 2.24) is 4.90 Å². The van der Waals surface area contributed by atoms with Gasteiger partial charge in [-0.1, -0.05) is 35.3 Å². The fraction of sp³-hybridized carbons (Fsp3) is 0.179. The molecule has 8 nitrogen and oxygen atoms in total. The summed E-state index contributed by atoms with van der Waals surface area (Å²) in [5.41, 5.74) is 1.08. The second-order valence-electron chi connectivity index (χ2n) is 8.22. The molecule has 12 heteroatoms. The summed E-state index contributed by atoms with van der Waals surface area (Å²) in [7, 11) is 0. The summed E-state index contributed by atoms with van der Waals surface area (Å²) in [6.45, 7) is 2.10. The van der Waals surface area contributed by atoms with Crippen molar-refractivity contribution in [2.75, 3.05) is 31.7 Å². The van der Waals surface area contributed by atoms with Gasteiger partial charge >= 0.3 is 0 Å². The van der Waals surface area contributed by atoms with Crippen molar-refractivity contribution in [3.8, 4) is 17.2 Å².